The number of fused-ring (bicyclic) bond motifs is 3. The summed E-state index contributed by atoms with van der Waals surface area (Å²) in [6.07, 6.45) is 5.98. The van der Waals surface area contributed by atoms with Gasteiger partial charge in [0.2, 0.25) is 0 Å². The van der Waals surface area contributed by atoms with Gasteiger partial charge < -0.3 is 10.2 Å². The second-order valence-electron chi connectivity index (χ2n) is 6.79. The number of rotatable bonds is 2. The summed E-state index contributed by atoms with van der Waals surface area (Å²) in [4.78, 5) is 2.78. The molecule has 2 bridgehead atoms. The molecule has 0 aromatic rings. The van der Waals surface area contributed by atoms with Crippen molar-refractivity contribution in [2.45, 2.75) is 86.2 Å². The van der Waals surface area contributed by atoms with Crippen LogP contribution < -0.4 is 5.32 Å². The second-order valence-corrected chi connectivity index (χ2v) is 6.79. The summed E-state index contributed by atoms with van der Waals surface area (Å²) in [6, 6.07) is 1.66. The molecule has 2 nitrogen and oxygen atoms in total. The predicted octanol–water partition coefficient (Wildman–Crippen LogP) is 4.55. The normalized spacial score (nSPS) is 41.9. The maximum absolute atomic E-state index is 3.72. The third-order valence-electron chi connectivity index (χ3n) is 5.29. The van der Waals surface area contributed by atoms with E-state index in [1.807, 2.05) is 41.5 Å². The quantitative estimate of drug-likeness (QED) is 0.804. The molecule has 5 fully saturated rings. The van der Waals surface area contributed by atoms with Crippen LogP contribution >= 0.6 is 0 Å². The van der Waals surface area contributed by atoms with Crippen LogP contribution in [0.2, 0.25) is 0 Å². The molecular formula is C19H40N2. The van der Waals surface area contributed by atoms with Crippen LogP contribution in [0.25, 0.3) is 0 Å². The summed E-state index contributed by atoms with van der Waals surface area (Å²) in [5.41, 5.74) is 0.712. The van der Waals surface area contributed by atoms with Gasteiger partial charge in [0.15, 0.2) is 0 Å². The molecule has 0 aromatic heterocycles. The highest BCUT2D eigenvalue weighted by Gasteiger charge is 2.60. The molecule has 3 aliphatic heterocycles. The van der Waals surface area contributed by atoms with Crippen molar-refractivity contribution in [2.75, 3.05) is 19.6 Å². The maximum Gasteiger partial charge on any atom is 0.0146 e. The monoisotopic (exact) mass is 296 g/mol. The number of hydrogen-bond donors (Lipinski definition) is 1. The lowest BCUT2D eigenvalue weighted by Crippen LogP contribution is -2.50. The van der Waals surface area contributed by atoms with Gasteiger partial charge in [-0.1, -0.05) is 41.5 Å². The van der Waals surface area contributed by atoms with Crippen LogP contribution in [-0.2, 0) is 0 Å². The first-order valence-electron chi connectivity index (χ1n) is 9.72. The fourth-order valence-corrected chi connectivity index (χ4v) is 4.61. The van der Waals surface area contributed by atoms with Crippen molar-refractivity contribution < 1.29 is 0 Å². The average molecular weight is 297 g/mol. The van der Waals surface area contributed by atoms with Crippen molar-refractivity contribution in [3.8, 4) is 0 Å². The number of hydrogen-bond acceptors (Lipinski definition) is 2. The highest BCUT2D eigenvalue weighted by molar-refractivity contribution is 5.16. The third kappa shape index (κ3) is 4.22. The van der Waals surface area contributed by atoms with Gasteiger partial charge in [-0.15, -0.1) is 0 Å². The predicted molar refractivity (Wildman–Crippen MR) is 94.8 cm³/mol. The van der Waals surface area contributed by atoms with Crippen LogP contribution in [0, 0.1) is 17.3 Å². The molecule has 3 heterocycles. The Bertz CT molecular complexity index is 275. The van der Waals surface area contributed by atoms with Crippen molar-refractivity contribution in [3.63, 3.8) is 0 Å². The molecule has 2 heteroatoms. The summed E-state index contributed by atoms with van der Waals surface area (Å²) in [5, 5.41) is 3.72. The van der Waals surface area contributed by atoms with E-state index in [-0.39, 0.29) is 0 Å². The summed E-state index contributed by atoms with van der Waals surface area (Å²) in [7, 11) is 0. The molecule has 21 heavy (non-hydrogen) atoms. The zero-order valence-electron chi connectivity index (χ0n) is 15.7. The molecule has 0 aromatic carbocycles. The molecule has 0 amide bonds. The molecule has 0 radical (unpaired) electrons. The van der Waals surface area contributed by atoms with Crippen LogP contribution in [-0.4, -0.2) is 36.6 Å². The molecule has 3 saturated heterocycles. The van der Waals surface area contributed by atoms with Crippen molar-refractivity contribution in [1.29, 1.82) is 0 Å². The number of piperidine rings is 3. The molecule has 2 aliphatic carbocycles. The Balaban J connectivity index is 0.000000332. The van der Waals surface area contributed by atoms with Crippen LogP contribution in [0.5, 0.6) is 0 Å². The number of nitrogens with one attached hydrogen (secondary N) is 1. The van der Waals surface area contributed by atoms with Crippen molar-refractivity contribution >= 4 is 0 Å². The first-order chi connectivity index (χ1) is 10.2. The van der Waals surface area contributed by atoms with Gasteiger partial charge in [-0.25, -0.2) is 0 Å². The van der Waals surface area contributed by atoms with Gasteiger partial charge in [-0.3, -0.25) is 0 Å². The van der Waals surface area contributed by atoms with E-state index in [4.69, 9.17) is 0 Å². The molecule has 2 saturated carbocycles. The van der Waals surface area contributed by atoms with E-state index in [0.717, 1.165) is 23.9 Å². The fraction of sp³-hybridized carbons (Fsp3) is 1.00. The van der Waals surface area contributed by atoms with Gasteiger partial charge in [0.25, 0.3) is 0 Å². The van der Waals surface area contributed by atoms with E-state index >= 15 is 0 Å². The zero-order valence-corrected chi connectivity index (χ0v) is 15.7. The minimum Gasteiger partial charge on any atom is -0.311 e. The van der Waals surface area contributed by atoms with Crippen LogP contribution in [0.3, 0.4) is 0 Å². The van der Waals surface area contributed by atoms with E-state index in [0.29, 0.717) is 5.41 Å². The molecule has 0 spiro atoms. The Labute approximate surface area is 134 Å². The first kappa shape index (κ1) is 19.0. The molecule has 1 N–H and O–H groups in total. The highest BCUT2D eigenvalue weighted by Crippen LogP contribution is 2.55. The maximum atomic E-state index is 3.72. The molecule has 5 rings (SSSR count). The zero-order chi connectivity index (χ0) is 16.0. The van der Waals surface area contributed by atoms with E-state index < -0.39 is 0 Å². The van der Waals surface area contributed by atoms with E-state index in [1.165, 1.54) is 32.5 Å². The second kappa shape index (κ2) is 8.53. The van der Waals surface area contributed by atoms with Gasteiger partial charge in [-0.05, 0) is 44.4 Å². The summed E-state index contributed by atoms with van der Waals surface area (Å²) >= 11 is 0. The van der Waals surface area contributed by atoms with Gasteiger partial charge >= 0.3 is 0 Å². The Kier molecular flexibility index (Phi) is 7.70. The highest BCUT2D eigenvalue weighted by atomic mass is 15.2. The smallest absolute Gasteiger partial charge is 0.0146 e. The van der Waals surface area contributed by atoms with E-state index in [1.54, 1.807) is 12.8 Å². The van der Waals surface area contributed by atoms with E-state index in [9.17, 15) is 0 Å². The summed E-state index contributed by atoms with van der Waals surface area (Å²) in [6.45, 7) is 18.6. The SMILES string of the molecule is CC.CC.CC.CC1CC2(CN3CC4CC(C4)C3)CC2N1. The molecule has 3 unspecified atom stereocenters. The number of nitrogens with zero attached hydrogens (tertiary/aromatic N) is 1. The Hall–Kier alpha value is -0.0800. The lowest BCUT2D eigenvalue weighted by molar-refractivity contribution is 0.0157. The van der Waals surface area contributed by atoms with Crippen LogP contribution in [0.15, 0.2) is 0 Å². The van der Waals surface area contributed by atoms with Crippen LogP contribution in [0.1, 0.15) is 74.1 Å². The Morgan fingerprint density at radius 1 is 0.905 bits per heavy atom. The van der Waals surface area contributed by atoms with Crippen molar-refractivity contribution in [3.05, 3.63) is 0 Å². The van der Waals surface area contributed by atoms with E-state index in [2.05, 4.69) is 17.1 Å². The molecule has 5 aliphatic rings. The minimum absolute atomic E-state index is 0.712. The summed E-state index contributed by atoms with van der Waals surface area (Å²) < 4.78 is 0. The molecule has 126 valence electrons. The summed E-state index contributed by atoms with van der Waals surface area (Å²) in [5.74, 6) is 2.15. The lowest BCUT2D eigenvalue weighted by atomic mass is 9.71. The van der Waals surface area contributed by atoms with Gasteiger partial charge in [0.1, 0.15) is 0 Å². The lowest BCUT2D eigenvalue weighted by Gasteiger charge is -2.48. The first-order valence-corrected chi connectivity index (χ1v) is 9.72. The largest absolute Gasteiger partial charge is 0.311 e. The van der Waals surface area contributed by atoms with Gasteiger partial charge in [-0.2, -0.15) is 0 Å². The molecular weight excluding hydrogens is 256 g/mol. The fourth-order valence-electron chi connectivity index (χ4n) is 4.61. The van der Waals surface area contributed by atoms with Gasteiger partial charge in [0, 0.05) is 37.1 Å². The van der Waals surface area contributed by atoms with Crippen LogP contribution in [0.4, 0.5) is 0 Å². The third-order valence-corrected chi connectivity index (χ3v) is 5.29. The minimum atomic E-state index is 0.712. The Morgan fingerprint density at radius 3 is 1.86 bits per heavy atom. The van der Waals surface area contributed by atoms with Crippen molar-refractivity contribution in [1.82, 2.24) is 10.2 Å². The topological polar surface area (TPSA) is 15.3 Å². The average Bonchev–Trinajstić information content (AvgIpc) is 3.05. The standard InChI is InChI=1S/C13H22N2.3C2H6/c1-9-4-13(5-12(13)14-9)8-15-6-10-2-11(3-10)7-15;3*1-2/h9-12,14H,2-8H2,1H3;3*1-2H3. The van der Waals surface area contributed by atoms with Gasteiger partial charge in [0.05, 0.1) is 0 Å². The Morgan fingerprint density at radius 2 is 1.43 bits per heavy atom. The van der Waals surface area contributed by atoms with Crippen molar-refractivity contribution in [2.24, 2.45) is 17.3 Å². The molecule has 3 atom stereocenters.